The molecule has 2 aliphatic heterocycles. The highest BCUT2D eigenvalue weighted by Gasteiger charge is 2.22. The van der Waals surface area contributed by atoms with Crippen LogP contribution in [-0.2, 0) is 9.59 Å². The first kappa shape index (κ1) is 18.0. The van der Waals surface area contributed by atoms with E-state index in [1.807, 2.05) is 6.07 Å². The number of carbonyl (C=O) groups is 2. The molecule has 1 saturated heterocycles. The van der Waals surface area contributed by atoms with Crippen molar-refractivity contribution in [1.82, 2.24) is 15.5 Å². The zero-order valence-corrected chi connectivity index (χ0v) is 15.1. The third-order valence-electron chi connectivity index (χ3n) is 4.03. The zero-order valence-electron chi connectivity index (χ0n) is 13.6. The van der Waals surface area contributed by atoms with Gasteiger partial charge in [0.1, 0.15) is 5.84 Å². The Labute approximate surface area is 155 Å². The van der Waals surface area contributed by atoms with E-state index in [1.54, 1.807) is 22.0 Å². The lowest BCUT2D eigenvalue weighted by molar-refractivity contribution is -0.134. The number of nitrogens with zero attached hydrogens (tertiary/aromatic N) is 3. The van der Waals surface area contributed by atoms with Gasteiger partial charge in [0.05, 0.1) is 28.8 Å². The van der Waals surface area contributed by atoms with Crippen molar-refractivity contribution >= 4 is 46.5 Å². The fourth-order valence-corrected chi connectivity index (χ4v) is 3.04. The van der Waals surface area contributed by atoms with Crippen molar-refractivity contribution in [2.45, 2.75) is 12.8 Å². The normalized spacial score (nSPS) is 18.2. The molecule has 9 heteroatoms. The summed E-state index contributed by atoms with van der Waals surface area (Å²) in [5.41, 5.74) is 0.812. The lowest BCUT2D eigenvalue weighted by Crippen LogP contribution is -2.43. The summed E-state index contributed by atoms with van der Waals surface area (Å²) in [5, 5.41) is 12.9. The molecular formula is C16H19Cl2N5O2. The second-order valence-electron chi connectivity index (χ2n) is 5.91. The molecule has 0 unspecified atom stereocenters. The molecule has 0 atom stereocenters. The lowest BCUT2D eigenvalue weighted by atomic mass is 10.3. The van der Waals surface area contributed by atoms with E-state index in [0.29, 0.717) is 35.4 Å². The van der Waals surface area contributed by atoms with Crippen LogP contribution < -0.4 is 15.6 Å². The number of hydrogen-bond donors (Lipinski definition) is 2. The fourth-order valence-electron chi connectivity index (χ4n) is 2.75. The molecule has 134 valence electrons. The number of benzene rings is 1. The lowest BCUT2D eigenvalue weighted by Gasteiger charge is -2.19. The summed E-state index contributed by atoms with van der Waals surface area (Å²) in [4.78, 5) is 25.7. The Balaban J connectivity index is 1.58. The second-order valence-corrected chi connectivity index (χ2v) is 6.73. The molecule has 2 N–H and O–H groups in total. The SMILES string of the molecule is O=C(CN1CCCNCC1=O)NC1=NN(c2ccc(Cl)c(Cl)c2)CC1. The van der Waals surface area contributed by atoms with Crippen LogP contribution in [0.1, 0.15) is 12.8 Å². The van der Waals surface area contributed by atoms with E-state index < -0.39 is 0 Å². The molecule has 0 aliphatic carbocycles. The van der Waals surface area contributed by atoms with Gasteiger partial charge in [0, 0.05) is 19.5 Å². The minimum Gasteiger partial charge on any atom is -0.332 e. The average molecular weight is 384 g/mol. The van der Waals surface area contributed by atoms with Crippen molar-refractivity contribution < 1.29 is 9.59 Å². The largest absolute Gasteiger partial charge is 0.332 e. The molecule has 0 radical (unpaired) electrons. The highest BCUT2D eigenvalue weighted by molar-refractivity contribution is 6.42. The summed E-state index contributed by atoms with van der Waals surface area (Å²) in [5.74, 6) is 0.292. The minimum atomic E-state index is -0.231. The Morgan fingerprint density at radius 3 is 2.92 bits per heavy atom. The van der Waals surface area contributed by atoms with Crippen LogP contribution in [0.3, 0.4) is 0 Å². The second kappa shape index (κ2) is 8.03. The third-order valence-corrected chi connectivity index (χ3v) is 4.77. The maximum absolute atomic E-state index is 12.2. The van der Waals surface area contributed by atoms with Gasteiger partial charge < -0.3 is 15.5 Å². The molecule has 0 spiro atoms. The van der Waals surface area contributed by atoms with Crippen molar-refractivity contribution in [2.75, 3.05) is 37.7 Å². The van der Waals surface area contributed by atoms with Gasteiger partial charge in [0.25, 0.3) is 0 Å². The summed E-state index contributed by atoms with van der Waals surface area (Å²) in [7, 11) is 0. The maximum Gasteiger partial charge on any atom is 0.244 e. The molecular weight excluding hydrogens is 365 g/mol. The maximum atomic E-state index is 12.2. The van der Waals surface area contributed by atoms with Gasteiger partial charge in [0.2, 0.25) is 11.8 Å². The number of hydrogen-bond acceptors (Lipinski definition) is 5. The van der Waals surface area contributed by atoms with Crippen molar-refractivity contribution in [3.8, 4) is 0 Å². The van der Waals surface area contributed by atoms with Gasteiger partial charge in [-0.1, -0.05) is 23.2 Å². The Morgan fingerprint density at radius 2 is 2.12 bits per heavy atom. The van der Waals surface area contributed by atoms with Crippen molar-refractivity contribution in [2.24, 2.45) is 5.10 Å². The first-order valence-electron chi connectivity index (χ1n) is 8.11. The number of amides is 2. The van der Waals surface area contributed by atoms with Crippen LogP contribution in [0.25, 0.3) is 0 Å². The van der Waals surface area contributed by atoms with E-state index in [2.05, 4.69) is 15.7 Å². The number of rotatable bonds is 3. The summed E-state index contributed by atoms with van der Waals surface area (Å²) in [6.07, 6.45) is 1.45. The van der Waals surface area contributed by atoms with Crippen molar-refractivity contribution in [1.29, 1.82) is 0 Å². The highest BCUT2D eigenvalue weighted by atomic mass is 35.5. The average Bonchev–Trinajstić information content (AvgIpc) is 2.94. The molecule has 1 aromatic rings. The smallest absolute Gasteiger partial charge is 0.244 e. The van der Waals surface area contributed by atoms with Crippen LogP contribution in [0.15, 0.2) is 23.3 Å². The molecule has 3 rings (SSSR count). The van der Waals surface area contributed by atoms with Crippen LogP contribution in [-0.4, -0.2) is 55.3 Å². The summed E-state index contributed by atoms with van der Waals surface area (Å²) >= 11 is 11.9. The molecule has 1 aromatic carbocycles. The monoisotopic (exact) mass is 383 g/mol. The summed E-state index contributed by atoms with van der Waals surface area (Å²) in [6, 6.07) is 5.27. The van der Waals surface area contributed by atoms with Gasteiger partial charge >= 0.3 is 0 Å². The topological polar surface area (TPSA) is 77.0 Å². The predicted octanol–water partition coefficient (Wildman–Crippen LogP) is 1.46. The molecule has 2 aliphatic rings. The van der Waals surface area contributed by atoms with Crippen molar-refractivity contribution in [3.05, 3.63) is 28.2 Å². The number of halogens is 2. The Hall–Kier alpha value is -1.83. The first-order valence-corrected chi connectivity index (χ1v) is 8.87. The number of hydrazone groups is 1. The van der Waals surface area contributed by atoms with Crippen LogP contribution in [0.5, 0.6) is 0 Å². The number of amidine groups is 1. The zero-order chi connectivity index (χ0) is 17.8. The van der Waals surface area contributed by atoms with Gasteiger partial charge in [-0.2, -0.15) is 5.10 Å². The third kappa shape index (κ3) is 4.62. The number of carbonyl (C=O) groups excluding carboxylic acids is 2. The molecule has 0 bridgehead atoms. The summed E-state index contributed by atoms with van der Waals surface area (Å²) in [6.45, 7) is 2.34. The van der Waals surface area contributed by atoms with Crippen LogP contribution in [0.2, 0.25) is 10.0 Å². The van der Waals surface area contributed by atoms with Gasteiger partial charge in [-0.3, -0.25) is 14.6 Å². The number of nitrogens with one attached hydrogen (secondary N) is 2. The molecule has 2 heterocycles. The van der Waals surface area contributed by atoms with E-state index in [1.165, 1.54) is 0 Å². The predicted molar refractivity (Wildman–Crippen MR) is 98.1 cm³/mol. The minimum absolute atomic E-state index is 0.0479. The van der Waals surface area contributed by atoms with Crippen LogP contribution in [0, 0.1) is 0 Å². The van der Waals surface area contributed by atoms with E-state index in [9.17, 15) is 9.59 Å². The highest BCUT2D eigenvalue weighted by Crippen LogP contribution is 2.28. The van der Waals surface area contributed by atoms with Crippen LogP contribution in [0.4, 0.5) is 5.69 Å². The Bertz CT molecular complexity index is 710. The molecule has 7 nitrogen and oxygen atoms in total. The Kier molecular flexibility index (Phi) is 5.78. The summed E-state index contributed by atoms with van der Waals surface area (Å²) < 4.78 is 0. The van der Waals surface area contributed by atoms with Crippen LogP contribution >= 0.6 is 23.2 Å². The molecule has 0 saturated carbocycles. The van der Waals surface area contributed by atoms with E-state index in [0.717, 1.165) is 18.7 Å². The van der Waals surface area contributed by atoms with E-state index in [4.69, 9.17) is 23.2 Å². The first-order chi connectivity index (χ1) is 12.0. The molecule has 2 amide bonds. The van der Waals surface area contributed by atoms with Gasteiger partial charge in [0.15, 0.2) is 0 Å². The van der Waals surface area contributed by atoms with Gasteiger partial charge in [-0.05, 0) is 31.2 Å². The van der Waals surface area contributed by atoms with Gasteiger partial charge in [-0.25, -0.2) is 0 Å². The van der Waals surface area contributed by atoms with Gasteiger partial charge in [-0.15, -0.1) is 0 Å². The van der Waals surface area contributed by atoms with E-state index in [-0.39, 0.29) is 24.9 Å². The molecule has 0 aromatic heterocycles. The quantitative estimate of drug-likeness (QED) is 0.827. The number of anilines is 1. The van der Waals surface area contributed by atoms with Crippen molar-refractivity contribution in [3.63, 3.8) is 0 Å². The molecule has 25 heavy (non-hydrogen) atoms. The molecule has 1 fully saturated rings. The fraction of sp³-hybridized carbons (Fsp3) is 0.438. The standard InChI is InChI=1S/C16H19Cl2N5O2/c17-12-3-2-11(8-13(12)18)23-7-4-14(21-23)20-15(24)10-22-6-1-5-19-9-16(22)25/h2-3,8,19H,1,4-7,9-10H2,(H,20,21,24). The van der Waals surface area contributed by atoms with E-state index >= 15 is 0 Å². The Morgan fingerprint density at radius 1 is 1.28 bits per heavy atom.